The van der Waals surface area contributed by atoms with Crippen molar-refractivity contribution in [1.82, 2.24) is 4.98 Å². The van der Waals surface area contributed by atoms with Crippen molar-refractivity contribution >= 4 is 15.9 Å². The van der Waals surface area contributed by atoms with Gasteiger partial charge in [0.25, 0.3) is 0 Å². The fourth-order valence-corrected chi connectivity index (χ4v) is 2.71. The SMILES string of the molecule is CCOc1cc(-c2ccccc2)nc(-c2cccc(Br)c2)c1. The van der Waals surface area contributed by atoms with Gasteiger partial charge in [0.1, 0.15) is 5.75 Å². The maximum absolute atomic E-state index is 5.71. The molecule has 0 saturated heterocycles. The van der Waals surface area contributed by atoms with Gasteiger partial charge in [-0.15, -0.1) is 0 Å². The maximum atomic E-state index is 5.71. The van der Waals surface area contributed by atoms with E-state index in [4.69, 9.17) is 9.72 Å². The van der Waals surface area contributed by atoms with E-state index in [-0.39, 0.29) is 0 Å². The Morgan fingerprint density at radius 3 is 2.23 bits per heavy atom. The maximum Gasteiger partial charge on any atom is 0.123 e. The third-order valence-corrected chi connectivity index (χ3v) is 3.79. The Morgan fingerprint density at radius 1 is 0.864 bits per heavy atom. The minimum Gasteiger partial charge on any atom is -0.494 e. The highest BCUT2D eigenvalue weighted by Crippen LogP contribution is 2.29. The van der Waals surface area contributed by atoms with Gasteiger partial charge in [-0.25, -0.2) is 4.98 Å². The number of halogens is 1. The third kappa shape index (κ3) is 3.37. The van der Waals surface area contributed by atoms with Crippen LogP contribution < -0.4 is 4.74 Å². The number of benzene rings is 2. The highest BCUT2D eigenvalue weighted by Gasteiger charge is 2.08. The molecule has 0 radical (unpaired) electrons. The molecular weight excluding hydrogens is 338 g/mol. The summed E-state index contributed by atoms with van der Waals surface area (Å²) in [5.41, 5.74) is 3.97. The molecule has 0 aliphatic carbocycles. The molecular formula is C19H16BrNO. The zero-order valence-electron chi connectivity index (χ0n) is 12.3. The molecule has 0 amide bonds. The number of rotatable bonds is 4. The lowest BCUT2D eigenvalue weighted by atomic mass is 10.1. The van der Waals surface area contributed by atoms with Gasteiger partial charge in [0.2, 0.25) is 0 Å². The number of hydrogen-bond donors (Lipinski definition) is 0. The fourth-order valence-electron chi connectivity index (χ4n) is 2.31. The Hall–Kier alpha value is -2.13. The molecule has 0 atom stereocenters. The summed E-state index contributed by atoms with van der Waals surface area (Å²) in [6, 6.07) is 22.3. The van der Waals surface area contributed by atoms with Crippen LogP contribution in [-0.2, 0) is 0 Å². The molecule has 2 aromatic carbocycles. The first-order valence-electron chi connectivity index (χ1n) is 7.22. The predicted octanol–water partition coefficient (Wildman–Crippen LogP) is 5.58. The van der Waals surface area contributed by atoms with E-state index >= 15 is 0 Å². The van der Waals surface area contributed by atoms with Crippen LogP contribution in [0, 0.1) is 0 Å². The summed E-state index contributed by atoms with van der Waals surface area (Å²) in [7, 11) is 0. The topological polar surface area (TPSA) is 22.1 Å². The van der Waals surface area contributed by atoms with Crippen LogP contribution >= 0.6 is 15.9 Å². The van der Waals surface area contributed by atoms with Crippen LogP contribution in [-0.4, -0.2) is 11.6 Å². The van der Waals surface area contributed by atoms with E-state index in [1.807, 2.05) is 49.4 Å². The van der Waals surface area contributed by atoms with Crippen molar-refractivity contribution in [3.8, 4) is 28.3 Å². The molecule has 22 heavy (non-hydrogen) atoms. The first-order chi connectivity index (χ1) is 10.8. The zero-order chi connectivity index (χ0) is 15.4. The lowest BCUT2D eigenvalue weighted by Crippen LogP contribution is -1.95. The van der Waals surface area contributed by atoms with Gasteiger partial charge in [0.05, 0.1) is 18.0 Å². The molecule has 1 heterocycles. The Morgan fingerprint density at radius 2 is 1.55 bits per heavy atom. The van der Waals surface area contributed by atoms with Gasteiger partial charge < -0.3 is 4.74 Å². The van der Waals surface area contributed by atoms with Crippen molar-refractivity contribution in [2.75, 3.05) is 6.61 Å². The standard InChI is InChI=1S/C19H16BrNO/c1-2-22-17-12-18(14-7-4-3-5-8-14)21-19(13-17)15-9-6-10-16(20)11-15/h3-13H,2H2,1H3. The third-order valence-electron chi connectivity index (χ3n) is 3.30. The van der Waals surface area contributed by atoms with Crippen molar-refractivity contribution in [1.29, 1.82) is 0 Å². The lowest BCUT2D eigenvalue weighted by Gasteiger charge is -2.10. The highest BCUT2D eigenvalue weighted by atomic mass is 79.9. The molecule has 0 N–H and O–H groups in total. The van der Waals surface area contributed by atoms with Crippen LogP contribution in [0.2, 0.25) is 0 Å². The molecule has 3 aromatic rings. The van der Waals surface area contributed by atoms with Gasteiger partial charge in [0, 0.05) is 27.7 Å². The summed E-state index contributed by atoms with van der Waals surface area (Å²) in [6.45, 7) is 2.62. The second-order valence-electron chi connectivity index (χ2n) is 4.88. The predicted molar refractivity (Wildman–Crippen MR) is 94.0 cm³/mol. The number of pyridine rings is 1. The first-order valence-corrected chi connectivity index (χ1v) is 8.02. The van der Waals surface area contributed by atoms with Gasteiger partial charge >= 0.3 is 0 Å². The number of hydrogen-bond acceptors (Lipinski definition) is 2. The highest BCUT2D eigenvalue weighted by molar-refractivity contribution is 9.10. The summed E-state index contributed by atoms with van der Waals surface area (Å²) in [5, 5.41) is 0. The van der Waals surface area contributed by atoms with Crippen LogP contribution in [0.25, 0.3) is 22.5 Å². The second kappa shape index (κ2) is 6.75. The molecule has 3 heteroatoms. The van der Waals surface area contributed by atoms with E-state index in [2.05, 4.69) is 40.2 Å². The van der Waals surface area contributed by atoms with Gasteiger partial charge in [-0.1, -0.05) is 58.4 Å². The molecule has 0 aliphatic heterocycles. The van der Waals surface area contributed by atoms with E-state index in [1.54, 1.807) is 0 Å². The molecule has 0 unspecified atom stereocenters. The molecule has 0 spiro atoms. The fraction of sp³-hybridized carbons (Fsp3) is 0.105. The second-order valence-corrected chi connectivity index (χ2v) is 5.80. The Labute approximate surface area is 138 Å². The Bertz CT molecular complexity index is 771. The molecule has 0 aliphatic rings. The normalized spacial score (nSPS) is 10.5. The number of aromatic nitrogens is 1. The summed E-state index contributed by atoms with van der Waals surface area (Å²) < 4.78 is 6.75. The summed E-state index contributed by atoms with van der Waals surface area (Å²) in [5.74, 6) is 0.839. The minimum atomic E-state index is 0.635. The van der Waals surface area contributed by atoms with E-state index in [1.165, 1.54) is 0 Å². The first kappa shape index (κ1) is 14.8. The number of ether oxygens (including phenoxy) is 1. The molecule has 0 fully saturated rings. The molecule has 0 bridgehead atoms. The molecule has 110 valence electrons. The van der Waals surface area contributed by atoms with Gasteiger partial charge in [-0.2, -0.15) is 0 Å². The molecule has 0 saturated carbocycles. The van der Waals surface area contributed by atoms with Gasteiger partial charge in [-0.05, 0) is 19.1 Å². The molecule has 1 aromatic heterocycles. The average Bonchev–Trinajstić information content (AvgIpc) is 2.56. The van der Waals surface area contributed by atoms with Gasteiger partial charge in [-0.3, -0.25) is 0 Å². The van der Waals surface area contributed by atoms with Crippen molar-refractivity contribution < 1.29 is 4.74 Å². The van der Waals surface area contributed by atoms with Crippen LogP contribution in [0.5, 0.6) is 5.75 Å². The molecule has 2 nitrogen and oxygen atoms in total. The summed E-state index contributed by atoms with van der Waals surface area (Å²) >= 11 is 3.51. The monoisotopic (exact) mass is 353 g/mol. The van der Waals surface area contributed by atoms with Crippen molar-refractivity contribution in [3.05, 3.63) is 71.2 Å². The van der Waals surface area contributed by atoms with Crippen molar-refractivity contribution in [3.63, 3.8) is 0 Å². The average molecular weight is 354 g/mol. The lowest BCUT2D eigenvalue weighted by molar-refractivity contribution is 0.340. The largest absolute Gasteiger partial charge is 0.494 e. The summed E-state index contributed by atoms with van der Waals surface area (Å²) in [4.78, 5) is 4.80. The van der Waals surface area contributed by atoms with E-state index in [0.717, 1.165) is 32.7 Å². The Kier molecular flexibility index (Phi) is 4.54. The van der Waals surface area contributed by atoms with E-state index in [9.17, 15) is 0 Å². The van der Waals surface area contributed by atoms with Crippen LogP contribution in [0.4, 0.5) is 0 Å². The smallest absolute Gasteiger partial charge is 0.123 e. The molecule has 3 rings (SSSR count). The van der Waals surface area contributed by atoms with E-state index < -0.39 is 0 Å². The van der Waals surface area contributed by atoms with E-state index in [0.29, 0.717) is 6.61 Å². The summed E-state index contributed by atoms with van der Waals surface area (Å²) in [6.07, 6.45) is 0. The van der Waals surface area contributed by atoms with Crippen LogP contribution in [0.3, 0.4) is 0 Å². The quantitative estimate of drug-likeness (QED) is 0.610. The Balaban J connectivity index is 2.12. The van der Waals surface area contributed by atoms with Crippen molar-refractivity contribution in [2.24, 2.45) is 0 Å². The minimum absolute atomic E-state index is 0.635. The van der Waals surface area contributed by atoms with Crippen LogP contribution in [0.1, 0.15) is 6.92 Å². The van der Waals surface area contributed by atoms with Crippen molar-refractivity contribution in [2.45, 2.75) is 6.92 Å². The van der Waals surface area contributed by atoms with Gasteiger partial charge in [0.15, 0.2) is 0 Å². The number of nitrogens with zero attached hydrogens (tertiary/aromatic N) is 1. The zero-order valence-corrected chi connectivity index (χ0v) is 13.9. The van der Waals surface area contributed by atoms with Crippen LogP contribution in [0.15, 0.2) is 71.2 Å².